The van der Waals surface area contributed by atoms with E-state index in [1.54, 1.807) is 41.7 Å². The van der Waals surface area contributed by atoms with Crippen molar-refractivity contribution < 1.29 is 9.59 Å². The molecule has 1 heterocycles. The van der Waals surface area contributed by atoms with Crippen LogP contribution in [-0.4, -0.2) is 11.6 Å². The highest BCUT2D eigenvalue weighted by molar-refractivity contribution is 7.22. The zero-order valence-corrected chi connectivity index (χ0v) is 14.0. The molecule has 2 nitrogen and oxygen atoms in total. The first-order chi connectivity index (χ1) is 12.2. The highest BCUT2D eigenvalue weighted by atomic mass is 32.1. The Balaban J connectivity index is 1.79. The summed E-state index contributed by atoms with van der Waals surface area (Å²) in [6.07, 6.45) is 0. The van der Waals surface area contributed by atoms with Gasteiger partial charge in [0.1, 0.15) is 0 Å². The van der Waals surface area contributed by atoms with Crippen molar-refractivity contribution in [3.05, 3.63) is 95.1 Å². The molecule has 0 saturated heterocycles. The lowest BCUT2D eigenvalue weighted by atomic mass is 9.83. The SMILES string of the molecule is O=C1c2ccccc2C(=O)c2c1ccc1cc(-c3ccccc3)sc21. The van der Waals surface area contributed by atoms with Crippen LogP contribution in [0.2, 0.25) is 0 Å². The van der Waals surface area contributed by atoms with Crippen LogP contribution in [0.25, 0.3) is 20.5 Å². The Labute approximate surface area is 148 Å². The number of carbonyl (C=O) groups excluding carboxylic acids is 2. The molecule has 1 aliphatic carbocycles. The Hall–Kier alpha value is -3.04. The number of benzene rings is 3. The maximum Gasteiger partial charge on any atom is 0.195 e. The van der Waals surface area contributed by atoms with Gasteiger partial charge in [0, 0.05) is 26.3 Å². The Morgan fingerprint density at radius 3 is 2.08 bits per heavy atom. The number of fused-ring (bicyclic) bond motifs is 4. The summed E-state index contributed by atoms with van der Waals surface area (Å²) >= 11 is 1.57. The van der Waals surface area contributed by atoms with Gasteiger partial charge in [0.2, 0.25) is 0 Å². The first kappa shape index (κ1) is 14.3. The van der Waals surface area contributed by atoms with Crippen LogP contribution in [0.4, 0.5) is 0 Å². The quantitative estimate of drug-likeness (QED) is 0.412. The molecule has 0 radical (unpaired) electrons. The summed E-state index contributed by atoms with van der Waals surface area (Å²) in [5.74, 6) is -0.126. The van der Waals surface area contributed by atoms with E-state index in [1.807, 2.05) is 24.3 Å². The van der Waals surface area contributed by atoms with Crippen molar-refractivity contribution in [1.82, 2.24) is 0 Å². The fraction of sp³-hybridized carbons (Fsp3) is 0. The van der Waals surface area contributed by atoms with Crippen molar-refractivity contribution in [2.75, 3.05) is 0 Å². The van der Waals surface area contributed by atoms with Gasteiger partial charge in [-0.05, 0) is 23.1 Å². The fourth-order valence-corrected chi connectivity index (χ4v) is 4.63. The van der Waals surface area contributed by atoms with Crippen molar-refractivity contribution in [2.24, 2.45) is 0 Å². The highest BCUT2D eigenvalue weighted by Crippen LogP contribution is 2.39. The van der Waals surface area contributed by atoms with Gasteiger partial charge in [0.05, 0.1) is 5.56 Å². The van der Waals surface area contributed by atoms with E-state index >= 15 is 0 Å². The maximum absolute atomic E-state index is 13.1. The Morgan fingerprint density at radius 1 is 0.640 bits per heavy atom. The molecular formula is C22H12O2S. The Kier molecular flexibility index (Phi) is 2.99. The summed E-state index contributed by atoms with van der Waals surface area (Å²) in [4.78, 5) is 27.0. The van der Waals surface area contributed by atoms with E-state index in [2.05, 4.69) is 18.2 Å². The summed E-state index contributed by atoms with van der Waals surface area (Å²) in [5, 5.41) is 1.00. The van der Waals surface area contributed by atoms with E-state index in [9.17, 15) is 9.59 Å². The van der Waals surface area contributed by atoms with Gasteiger partial charge in [-0.25, -0.2) is 0 Å². The summed E-state index contributed by atoms with van der Waals surface area (Å²) in [6, 6.07) is 23.0. The van der Waals surface area contributed by atoms with Gasteiger partial charge in [-0.3, -0.25) is 9.59 Å². The molecule has 0 aliphatic heterocycles. The number of carbonyl (C=O) groups is 2. The average Bonchev–Trinajstić information content (AvgIpc) is 3.10. The van der Waals surface area contributed by atoms with E-state index in [4.69, 9.17) is 0 Å². The van der Waals surface area contributed by atoms with Gasteiger partial charge in [0.25, 0.3) is 0 Å². The summed E-state index contributed by atoms with van der Waals surface area (Å²) < 4.78 is 0.893. The standard InChI is InChI=1S/C22H12O2S/c23-20-15-8-4-5-9-16(15)21(24)19-17(20)11-10-14-12-18(25-22(14)19)13-6-2-1-3-7-13/h1-12H. The lowest BCUT2D eigenvalue weighted by molar-refractivity contribution is 0.0980. The van der Waals surface area contributed by atoms with E-state index < -0.39 is 0 Å². The molecule has 0 fully saturated rings. The fourth-order valence-electron chi connectivity index (χ4n) is 3.42. The molecule has 25 heavy (non-hydrogen) atoms. The number of rotatable bonds is 1. The van der Waals surface area contributed by atoms with E-state index in [0.717, 1.165) is 20.5 Å². The second kappa shape index (κ2) is 5.23. The van der Waals surface area contributed by atoms with Gasteiger partial charge in [0.15, 0.2) is 11.6 Å². The predicted octanol–water partition coefficient (Wildman–Crippen LogP) is 5.34. The molecule has 1 aliphatic rings. The van der Waals surface area contributed by atoms with E-state index in [0.29, 0.717) is 22.3 Å². The van der Waals surface area contributed by atoms with Gasteiger partial charge in [-0.15, -0.1) is 11.3 Å². The minimum atomic E-state index is -0.0678. The lowest BCUT2D eigenvalue weighted by Crippen LogP contribution is -2.20. The molecule has 0 saturated carbocycles. The van der Waals surface area contributed by atoms with Crippen molar-refractivity contribution >= 4 is 33.0 Å². The molecule has 0 bridgehead atoms. The third-order valence-electron chi connectivity index (χ3n) is 4.63. The molecule has 1 aromatic heterocycles. The van der Waals surface area contributed by atoms with Gasteiger partial charge >= 0.3 is 0 Å². The number of thiophene rings is 1. The van der Waals surface area contributed by atoms with Crippen LogP contribution < -0.4 is 0 Å². The topological polar surface area (TPSA) is 34.1 Å². The van der Waals surface area contributed by atoms with Crippen LogP contribution in [-0.2, 0) is 0 Å². The predicted molar refractivity (Wildman–Crippen MR) is 101 cm³/mol. The third-order valence-corrected chi connectivity index (χ3v) is 5.85. The summed E-state index contributed by atoms with van der Waals surface area (Å²) in [6.45, 7) is 0. The van der Waals surface area contributed by atoms with Crippen LogP contribution >= 0.6 is 11.3 Å². The number of ketones is 2. The van der Waals surface area contributed by atoms with Crippen molar-refractivity contribution in [3.63, 3.8) is 0 Å². The number of hydrogen-bond acceptors (Lipinski definition) is 3. The van der Waals surface area contributed by atoms with Crippen LogP contribution in [0.3, 0.4) is 0 Å². The molecule has 0 atom stereocenters. The number of hydrogen-bond donors (Lipinski definition) is 0. The summed E-state index contributed by atoms with van der Waals surface area (Å²) in [7, 11) is 0. The van der Waals surface area contributed by atoms with Crippen molar-refractivity contribution in [2.45, 2.75) is 0 Å². The first-order valence-corrected chi connectivity index (χ1v) is 8.86. The zero-order valence-electron chi connectivity index (χ0n) is 13.2. The molecule has 0 amide bonds. The molecule has 0 unspecified atom stereocenters. The van der Waals surface area contributed by atoms with E-state index in [1.165, 1.54) is 0 Å². The second-order valence-electron chi connectivity index (χ2n) is 6.09. The first-order valence-electron chi connectivity index (χ1n) is 8.04. The van der Waals surface area contributed by atoms with Crippen LogP contribution in [0.1, 0.15) is 31.8 Å². The molecular weight excluding hydrogens is 328 g/mol. The molecule has 4 aromatic rings. The van der Waals surface area contributed by atoms with E-state index in [-0.39, 0.29) is 11.6 Å². The third kappa shape index (κ3) is 2.03. The monoisotopic (exact) mass is 340 g/mol. The Morgan fingerprint density at radius 2 is 1.32 bits per heavy atom. The highest BCUT2D eigenvalue weighted by Gasteiger charge is 2.31. The van der Waals surface area contributed by atoms with Crippen LogP contribution in [0.15, 0.2) is 72.8 Å². The normalized spacial score (nSPS) is 13.0. The molecule has 0 N–H and O–H groups in total. The molecule has 3 aromatic carbocycles. The van der Waals surface area contributed by atoms with Crippen LogP contribution in [0.5, 0.6) is 0 Å². The minimum absolute atomic E-state index is 0.0581. The van der Waals surface area contributed by atoms with Gasteiger partial charge < -0.3 is 0 Å². The lowest BCUT2D eigenvalue weighted by Gasteiger charge is -2.17. The zero-order chi connectivity index (χ0) is 17.0. The Bertz CT molecular complexity index is 1170. The van der Waals surface area contributed by atoms with Gasteiger partial charge in [-0.2, -0.15) is 0 Å². The minimum Gasteiger partial charge on any atom is -0.289 e. The van der Waals surface area contributed by atoms with Crippen molar-refractivity contribution in [3.8, 4) is 10.4 Å². The largest absolute Gasteiger partial charge is 0.289 e. The molecule has 118 valence electrons. The smallest absolute Gasteiger partial charge is 0.195 e. The second-order valence-corrected chi connectivity index (χ2v) is 7.14. The summed E-state index contributed by atoms with van der Waals surface area (Å²) in [5.41, 5.74) is 3.18. The maximum atomic E-state index is 13.1. The molecule has 0 spiro atoms. The average molecular weight is 340 g/mol. The van der Waals surface area contributed by atoms with Gasteiger partial charge in [-0.1, -0.05) is 60.7 Å². The molecule has 5 rings (SSSR count). The van der Waals surface area contributed by atoms with Crippen molar-refractivity contribution in [1.29, 1.82) is 0 Å². The van der Waals surface area contributed by atoms with Crippen LogP contribution in [0, 0.1) is 0 Å². The molecule has 3 heteroatoms.